The summed E-state index contributed by atoms with van der Waals surface area (Å²) < 4.78 is 136. The van der Waals surface area contributed by atoms with E-state index in [-0.39, 0.29) is 144 Å². The first-order valence-electron chi connectivity index (χ1n) is 5.30. The van der Waals surface area contributed by atoms with Crippen molar-refractivity contribution in [1.29, 1.82) is 0 Å². The first-order valence-corrected chi connectivity index (χ1v) is 10.6. The molecule has 0 atom stereocenters. The van der Waals surface area contributed by atoms with Crippen LogP contribution in [-0.2, 0) is 41.6 Å². The van der Waals surface area contributed by atoms with Crippen molar-refractivity contribution in [1.82, 2.24) is 0 Å². The van der Waals surface area contributed by atoms with Gasteiger partial charge in [0.1, 0.15) is 26.2 Å². The second kappa shape index (κ2) is 111. The fourth-order valence-electron chi connectivity index (χ4n) is 0.760. The molecule has 0 saturated carbocycles. The summed E-state index contributed by atoms with van der Waals surface area (Å²) >= 11 is 0. The zero-order valence-electron chi connectivity index (χ0n) is 23.3. The van der Waals surface area contributed by atoms with Gasteiger partial charge in [-0.2, -0.15) is 0 Å². The van der Waals surface area contributed by atoms with Crippen LogP contribution >= 0.6 is 0 Å². The summed E-state index contributed by atoms with van der Waals surface area (Å²) in [4.78, 5) is 0. The summed E-state index contributed by atoms with van der Waals surface area (Å²) in [6, 6.07) is 0. The molecule has 0 aliphatic carbocycles. The van der Waals surface area contributed by atoms with Crippen LogP contribution in [0.5, 0.6) is 0 Å². The van der Waals surface area contributed by atoms with Gasteiger partial charge < -0.3 is 157 Å². The van der Waals surface area contributed by atoms with Gasteiger partial charge in [-0.1, -0.05) is 0 Å². The standard InChI is InChI=1S/C4H10N2.2Al.4H2O4S.20H2O/c1-2-6-4-3-5-1;;;4*1-5(2,3)4;;;;;;;;;;;;;;;;;;;;/h5-6H,1-4H2;;;4*(H2,1,2,3,4);20*1H2/q;2*+3;;;;;;;;;;;;;;;;;;;;;;;;/p-6. The van der Waals surface area contributed by atoms with E-state index in [1.165, 1.54) is 26.2 Å². The molecule has 44 heteroatoms. The van der Waals surface area contributed by atoms with E-state index >= 15 is 0 Å². The molecule has 1 fully saturated rings. The second-order valence-corrected chi connectivity index (χ2v) is 6.63. The van der Waals surface area contributed by atoms with Crippen LogP contribution in [0.1, 0.15) is 0 Å². The SMILES string of the molecule is C1C[NH2+]CC[NH2+]1.O.O.O.O.O.O.O.O.O.O.O.O.O.O.O.O.O.O.O.O.O=S(=O)([O-])[O-].O=S(=O)([O-])[O-].O=S(=O)([O-])[O-].O=S(=O)([O-])[O-].[Al+3].[Al+3]. The number of hydrogen-bond acceptors (Lipinski definition) is 16. The third-order valence-corrected chi connectivity index (χ3v) is 1.15. The van der Waals surface area contributed by atoms with E-state index < -0.39 is 41.6 Å². The van der Waals surface area contributed by atoms with Crippen LogP contribution in [0.2, 0.25) is 0 Å². The fraction of sp³-hybridized carbons (Fsp3) is 1.00. The number of hydrogen-bond donors (Lipinski definition) is 2. The summed E-state index contributed by atoms with van der Waals surface area (Å²) in [6.45, 7) is 5.28. The van der Waals surface area contributed by atoms with Crippen molar-refractivity contribution < 1.29 is 190 Å². The van der Waals surface area contributed by atoms with Gasteiger partial charge in [0.25, 0.3) is 0 Å². The minimum Gasteiger partial charge on any atom is -0.759 e. The molecule has 1 aliphatic rings. The van der Waals surface area contributed by atoms with E-state index in [1.54, 1.807) is 0 Å². The molecular weight excluding hydrogens is 834 g/mol. The topological polar surface area (TPSA) is 984 Å². The molecule has 48 heavy (non-hydrogen) atoms. The second-order valence-electron chi connectivity index (χ2n) is 3.37. The zero-order valence-corrected chi connectivity index (χ0v) is 28.9. The van der Waals surface area contributed by atoms with E-state index in [1.807, 2.05) is 0 Å². The van der Waals surface area contributed by atoms with Crippen molar-refractivity contribution >= 4 is 76.3 Å². The molecule has 1 saturated heterocycles. The Hall–Kier alpha value is -0.335. The summed E-state index contributed by atoms with van der Waals surface area (Å²) in [5.74, 6) is 0. The van der Waals surface area contributed by atoms with Crippen LogP contribution in [0.15, 0.2) is 0 Å². The summed E-state index contributed by atoms with van der Waals surface area (Å²) in [5, 5.41) is 4.72. The van der Waals surface area contributed by atoms with Gasteiger partial charge >= 0.3 is 34.7 Å². The average Bonchev–Trinajstić information content (AvgIpc) is 2.21. The normalized spacial score (nSPS) is 7.83. The Balaban J connectivity index is -0.00000000472. The molecule has 1 heterocycles. The Morgan fingerprint density at radius 2 is 0.292 bits per heavy atom. The minimum absolute atomic E-state index is 0. The van der Waals surface area contributed by atoms with Crippen LogP contribution in [0.4, 0.5) is 0 Å². The van der Waals surface area contributed by atoms with Crippen molar-refractivity contribution in [3.05, 3.63) is 0 Å². The number of quaternary nitrogens is 2. The summed E-state index contributed by atoms with van der Waals surface area (Å²) in [6.07, 6.45) is 0. The van der Waals surface area contributed by atoms with Gasteiger partial charge in [-0.3, -0.25) is 33.7 Å². The first kappa shape index (κ1) is 221. The van der Waals surface area contributed by atoms with E-state index in [0.717, 1.165) is 0 Å². The monoisotopic (exact) mass is 886 g/mol. The Bertz CT molecular complexity index is 588. The smallest absolute Gasteiger partial charge is 0.759 e. The summed E-state index contributed by atoms with van der Waals surface area (Å²) in [5.41, 5.74) is 0. The molecule has 1 rings (SSSR count). The van der Waals surface area contributed by atoms with E-state index in [4.69, 9.17) is 70.1 Å². The fourth-order valence-corrected chi connectivity index (χ4v) is 0.760. The van der Waals surface area contributed by atoms with Crippen LogP contribution in [-0.4, -0.2) is 241 Å². The Kier molecular flexibility index (Phi) is 509. The maximum Gasteiger partial charge on any atom is 3.00 e. The van der Waals surface area contributed by atoms with Crippen molar-refractivity contribution in [2.75, 3.05) is 26.2 Å². The molecule has 0 radical (unpaired) electrons. The van der Waals surface area contributed by atoms with E-state index in [0.29, 0.717) is 0 Å². The van der Waals surface area contributed by atoms with Crippen LogP contribution < -0.4 is 10.6 Å². The molecule has 0 aromatic rings. The van der Waals surface area contributed by atoms with Gasteiger partial charge in [0, 0.05) is 41.6 Å². The van der Waals surface area contributed by atoms with Gasteiger partial charge in [-0.25, -0.2) is 0 Å². The summed E-state index contributed by atoms with van der Waals surface area (Å²) in [7, 11) is -20.7. The predicted molar refractivity (Wildman–Crippen MR) is 149 cm³/mol. The van der Waals surface area contributed by atoms with Crippen LogP contribution in [0, 0.1) is 0 Å². The van der Waals surface area contributed by atoms with Crippen LogP contribution in [0.3, 0.4) is 0 Å². The molecule has 0 amide bonds. The molecule has 324 valence electrons. The largest absolute Gasteiger partial charge is 3.00 e. The molecule has 0 spiro atoms. The molecule has 0 bridgehead atoms. The van der Waals surface area contributed by atoms with Crippen molar-refractivity contribution in [2.45, 2.75) is 0 Å². The van der Waals surface area contributed by atoms with E-state index in [2.05, 4.69) is 10.6 Å². The van der Waals surface area contributed by atoms with Gasteiger partial charge in [0.15, 0.2) is 0 Å². The molecule has 1 aliphatic heterocycles. The molecular formula is C4H52Al2N2O36S4. The Labute approximate surface area is 292 Å². The van der Waals surface area contributed by atoms with Crippen molar-refractivity contribution in [3.8, 4) is 0 Å². The third kappa shape index (κ3) is 2840. The van der Waals surface area contributed by atoms with E-state index in [9.17, 15) is 0 Å². The quantitative estimate of drug-likeness (QED) is 0.130. The Morgan fingerprint density at radius 3 is 0.312 bits per heavy atom. The maximum atomic E-state index is 8.52. The number of piperazine rings is 1. The van der Waals surface area contributed by atoms with Crippen molar-refractivity contribution in [3.63, 3.8) is 0 Å². The Morgan fingerprint density at radius 1 is 0.250 bits per heavy atom. The third-order valence-electron chi connectivity index (χ3n) is 1.15. The molecule has 0 unspecified atom stereocenters. The molecule has 0 aromatic heterocycles. The van der Waals surface area contributed by atoms with Crippen molar-refractivity contribution in [2.24, 2.45) is 0 Å². The predicted octanol–water partition coefficient (Wildman–Crippen LogP) is -25.5. The first-order chi connectivity index (χ1) is 11.0. The maximum absolute atomic E-state index is 8.52. The zero-order chi connectivity index (χ0) is 22.2. The number of rotatable bonds is 0. The van der Waals surface area contributed by atoms with Gasteiger partial charge in [-0.05, 0) is 0 Å². The van der Waals surface area contributed by atoms with Gasteiger partial charge in [0.2, 0.25) is 0 Å². The molecule has 0 aromatic carbocycles. The van der Waals surface area contributed by atoms with Gasteiger partial charge in [0.05, 0.1) is 0 Å². The molecule has 38 nitrogen and oxygen atoms in total. The number of nitrogens with two attached hydrogens (primary N) is 2. The van der Waals surface area contributed by atoms with Crippen LogP contribution in [0.25, 0.3) is 0 Å². The minimum atomic E-state index is -5.17. The molecule has 44 N–H and O–H groups in total. The average molecular weight is 887 g/mol. The van der Waals surface area contributed by atoms with Gasteiger partial charge in [-0.15, -0.1) is 0 Å².